The quantitative estimate of drug-likeness (QED) is 0.784. The molecule has 0 aromatic carbocycles. The lowest BCUT2D eigenvalue weighted by Gasteiger charge is -2.30. The lowest BCUT2D eigenvalue weighted by atomic mass is 9.93. The number of hydrogen-bond donors (Lipinski definition) is 2. The molecule has 0 amide bonds. The Kier molecular flexibility index (Phi) is 2.93. The second kappa shape index (κ2) is 4.55. The van der Waals surface area contributed by atoms with Crippen molar-refractivity contribution >= 4 is 0 Å². The molecule has 0 radical (unpaired) electrons. The Morgan fingerprint density at radius 3 is 3.25 bits per heavy atom. The summed E-state index contributed by atoms with van der Waals surface area (Å²) in [6, 6.07) is 1.16. The molecular formula is C12H19N3O. The molecule has 2 heterocycles. The molecule has 88 valence electrons. The summed E-state index contributed by atoms with van der Waals surface area (Å²) in [5.74, 6) is 0. The van der Waals surface area contributed by atoms with Crippen LogP contribution in [0.2, 0.25) is 0 Å². The molecule has 2 N–H and O–H groups in total. The van der Waals surface area contributed by atoms with Crippen molar-refractivity contribution in [3.63, 3.8) is 0 Å². The van der Waals surface area contributed by atoms with Crippen molar-refractivity contribution < 1.29 is 4.74 Å². The van der Waals surface area contributed by atoms with Crippen molar-refractivity contribution in [1.29, 1.82) is 0 Å². The first-order chi connectivity index (χ1) is 7.92. The fraction of sp³-hybridized carbons (Fsp3) is 0.750. The average Bonchev–Trinajstić information content (AvgIpc) is 2.77. The number of H-pyrrole nitrogens is 1. The molecule has 2 aliphatic rings. The molecule has 0 bridgehead atoms. The van der Waals surface area contributed by atoms with Gasteiger partial charge in [0.25, 0.3) is 0 Å². The van der Waals surface area contributed by atoms with Gasteiger partial charge >= 0.3 is 0 Å². The molecule has 0 spiro atoms. The van der Waals surface area contributed by atoms with Crippen LogP contribution in [0.4, 0.5) is 0 Å². The minimum absolute atomic E-state index is 0.559. The predicted octanol–water partition coefficient (Wildman–Crippen LogP) is 1.04. The van der Waals surface area contributed by atoms with Crippen molar-refractivity contribution in [1.82, 2.24) is 15.5 Å². The standard InChI is InChI=1S/C12H19N3O/c1-2-11(8-16-5-1)14-10-4-3-9-7-13-15-12(9)6-10/h7,10-11,14H,1-6,8H2,(H,13,15)/t10?,11-/m0/s1. The Morgan fingerprint density at radius 2 is 2.38 bits per heavy atom. The number of aromatic nitrogens is 2. The van der Waals surface area contributed by atoms with E-state index in [0.29, 0.717) is 12.1 Å². The third-order valence-corrected chi connectivity index (χ3v) is 3.65. The fourth-order valence-corrected chi connectivity index (χ4v) is 2.76. The van der Waals surface area contributed by atoms with Gasteiger partial charge in [-0.05, 0) is 31.2 Å². The lowest BCUT2D eigenvalue weighted by molar-refractivity contribution is 0.0656. The van der Waals surface area contributed by atoms with Crippen molar-refractivity contribution in [2.75, 3.05) is 13.2 Å². The molecule has 0 saturated carbocycles. The molecule has 1 unspecified atom stereocenters. The monoisotopic (exact) mass is 221 g/mol. The largest absolute Gasteiger partial charge is 0.380 e. The SMILES string of the molecule is c1n[nH]c2c1CCC(N[C@H]1CCCOC1)C2. The van der Waals surface area contributed by atoms with Crippen LogP contribution in [-0.4, -0.2) is 35.5 Å². The van der Waals surface area contributed by atoms with E-state index in [9.17, 15) is 0 Å². The van der Waals surface area contributed by atoms with Gasteiger partial charge < -0.3 is 10.1 Å². The van der Waals surface area contributed by atoms with Crippen LogP contribution in [0.3, 0.4) is 0 Å². The Balaban J connectivity index is 1.57. The number of ether oxygens (including phenoxy) is 1. The first kappa shape index (κ1) is 10.3. The van der Waals surface area contributed by atoms with Crippen molar-refractivity contribution in [3.05, 3.63) is 17.5 Å². The third-order valence-electron chi connectivity index (χ3n) is 3.65. The van der Waals surface area contributed by atoms with Crippen LogP contribution in [0.25, 0.3) is 0 Å². The number of aromatic amines is 1. The van der Waals surface area contributed by atoms with Crippen molar-refractivity contribution in [2.24, 2.45) is 0 Å². The maximum atomic E-state index is 5.50. The van der Waals surface area contributed by atoms with Crippen LogP contribution in [0, 0.1) is 0 Å². The normalized spacial score (nSPS) is 30.0. The zero-order chi connectivity index (χ0) is 10.8. The second-order valence-corrected chi connectivity index (χ2v) is 4.89. The van der Waals surface area contributed by atoms with Gasteiger partial charge in [-0.3, -0.25) is 5.10 Å². The first-order valence-corrected chi connectivity index (χ1v) is 6.27. The Labute approximate surface area is 95.8 Å². The first-order valence-electron chi connectivity index (χ1n) is 6.27. The third kappa shape index (κ3) is 2.13. The van der Waals surface area contributed by atoms with Gasteiger partial charge in [0.05, 0.1) is 12.8 Å². The maximum Gasteiger partial charge on any atom is 0.0619 e. The van der Waals surface area contributed by atoms with E-state index in [-0.39, 0.29) is 0 Å². The molecule has 4 heteroatoms. The number of fused-ring (bicyclic) bond motifs is 1. The van der Waals surface area contributed by atoms with Crippen molar-refractivity contribution in [3.8, 4) is 0 Å². The van der Waals surface area contributed by atoms with E-state index in [1.54, 1.807) is 0 Å². The molecule has 1 aliphatic heterocycles. The summed E-state index contributed by atoms with van der Waals surface area (Å²) in [5, 5.41) is 10.9. The number of hydrogen-bond acceptors (Lipinski definition) is 3. The van der Waals surface area contributed by atoms with Gasteiger partial charge in [0, 0.05) is 30.8 Å². The predicted molar refractivity (Wildman–Crippen MR) is 61.4 cm³/mol. The number of rotatable bonds is 2. The summed E-state index contributed by atoms with van der Waals surface area (Å²) in [6.07, 6.45) is 7.88. The van der Waals surface area contributed by atoms with E-state index in [1.165, 1.54) is 30.5 Å². The van der Waals surface area contributed by atoms with E-state index in [0.717, 1.165) is 26.1 Å². The number of nitrogens with one attached hydrogen (secondary N) is 2. The van der Waals surface area contributed by atoms with Gasteiger partial charge in [-0.1, -0.05) is 0 Å². The highest BCUT2D eigenvalue weighted by Crippen LogP contribution is 2.20. The van der Waals surface area contributed by atoms with Gasteiger partial charge in [0.15, 0.2) is 0 Å². The van der Waals surface area contributed by atoms with Crippen LogP contribution in [0.15, 0.2) is 6.20 Å². The second-order valence-electron chi connectivity index (χ2n) is 4.89. The van der Waals surface area contributed by atoms with E-state index < -0.39 is 0 Å². The maximum absolute atomic E-state index is 5.50. The summed E-state index contributed by atoms with van der Waals surface area (Å²) in [4.78, 5) is 0. The Morgan fingerprint density at radius 1 is 1.38 bits per heavy atom. The summed E-state index contributed by atoms with van der Waals surface area (Å²) in [5.41, 5.74) is 2.72. The Bertz CT molecular complexity index is 344. The highest BCUT2D eigenvalue weighted by atomic mass is 16.5. The molecule has 1 saturated heterocycles. The molecule has 1 aliphatic carbocycles. The molecule has 1 aromatic rings. The van der Waals surface area contributed by atoms with Gasteiger partial charge in [0.2, 0.25) is 0 Å². The van der Waals surface area contributed by atoms with Crippen LogP contribution < -0.4 is 5.32 Å². The minimum Gasteiger partial charge on any atom is -0.380 e. The smallest absolute Gasteiger partial charge is 0.0619 e. The van der Waals surface area contributed by atoms with Gasteiger partial charge in [0.1, 0.15) is 0 Å². The molecule has 16 heavy (non-hydrogen) atoms. The molecule has 2 atom stereocenters. The van der Waals surface area contributed by atoms with Crippen LogP contribution >= 0.6 is 0 Å². The number of nitrogens with zero attached hydrogens (tertiary/aromatic N) is 1. The van der Waals surface area contributed by atoms with E-state index in [4.69, 9.17) is 4.74 Å². The zero-order valence-electron chi connectivity index (χ0n) is 9.54. The molecule has 1 aromatic heterocycles. The topological polar surface area (TPSA) is 49.9 Å². The average molecular weight is 221 g/mol. The van der Waals surface area contributed by atoms with Crippen LogP contribution in [-0.2, 0) is 17.6 Å². The lowest BCUT2D eigenvalue weighted by Crippen LogP contribution is -2.45. The minimum atomic E-state index is 0.559. The highest BCUT2D eigenvalue weighted by Gasteiger charge is 2.23. The molecular weight excluding hydrogens is 202 g/mol. The van der Waals surface area contributed by atoms with Gasteiger partial charge in [-0.25, -0.2) is 0 Å². The van der Waals surface area contributed by atoms with Crippen LogP contribution in [0.5, 0.6) is 0 Å². The summed E-state index contributed by atoms with van der Waals surface area (Å²) < 4.78 is 5.50. The molecule has 1 fully saturated rings. The fourth-order valence-electron chi connectivity index (χ4n) is 2.76. The summed E-state index contributed by atoms with van der Waals surface area (Å²) in [7, 11) is 0. The highest BCUT2D eigenvalue weighted by molar-refractivity contribution is 5.20. The van der Waals surface area contributed by atoms with Gasteiger partial charge in [-0.15, -0.1) is 0 Å². The van der Waals surface area contributed by atoms with E-state index in [2.05, 4.69) is 15.5 Å². The van der Waals surface area contributed by atoms with E-state index in [1.807, 2.05) is 6.20 Å². The molecule has 4 nitrogen and oxygen atoms in total. The van der Waals surface area contributed by atoms with Crippen molar-refractivity contribution in [2.45, 2.75) is 44.2 Å². The summed E-state index contributed by atoms with van der Waals surface area (Å²) in [6.45, 7) is 1.82. The molecule has 3 rings (SSSR count). The van der Waals surface area contributed by atoms with E-state index >= 15 is 0 Å². The zero-order valence-corrected chi connectivity index (χ0v) is 9.54. The summed E-state index contributed by atoms with van der Waals surface area (Å²) >= 11 is 0. The number of aryl methyl sites for hydroxylation is 1. The van der Waals surface area contributed by atoms with Crippen LogP contribution in [0.1, 0.15) is 30.5 Å². The van der Waals surface area contributed by atoms with Gasteiger partial charge in [-0.2, -0.15) is 5.10 Å². The Hall–Kier alpha value is -0.870.